The maximum atomic E-state index is 13.8. The van der Waals surface area contributed by atoms with Gasteiger partial charge in [0.25, 0.3) is 11.8 Å². The summed E-state index contributed by atoms with van der Waals surface area (Å²) in [6, 6.07) is 18.1. The highest BCUT2D eigenvalue weighted by atomic mass is 32.2. The Hall–Kier alpha value is -4.10. The number of benzene rings is 3. The number of fused-ring (bicyclic) bond motifs is 1. The van der Waals surface area contributed by atoms with Crippen LogP contribution in [0, 0.1) is 12.8 Å². The molecule has 4 aromatic rings. The second kappa shape index (κ2) is 13.5. The summed E-state index contributed by atoms with van der Waals surface area (Å²) in [5.74, 6) is -0.963. The van der Waals surface area contributed by atoms with E-state index in [-0.39, 0.29) is 53.4 Å². The number of sulfonamides is 1. The summed E-state index contributed by atoms with van der Waals surface area (Å²) in [5, 5.41) is 15.6. The maximum absolute atomic E-state index is 13.8. The van der Waals surface area contributed by atoms with E-state index in [1.165, 1.54) is 22.7 Å². The molecule has 0 bridgehead atoms. The molecule has 5 rings (SSSR count). The number of hydrogen-bond acceptors (Lipinski definition) is 8. The van der Waals surface area contributed by atoms with Gasteiger partial charge < -0.3 is 20.1 Å². The predicted octanol–water partition coefficient (Wildman–Crippen LogP) is 4.91. The van der Waals surface area contributed by atoms with E-state index in [0.29, 0.717) is 5.56 Å². The maximum Gasteiger partial charge on any atom is 0.258 e. The average molecular weight is 649 g/mol. The Bertz CT molecular complexity index is 1760. The van der Waals surface area contributed by atoms with Crippen molar-refractivity contribution in [3.63, 3.8) is 0 Å². The van der Waals surface area contributed by atoms with Crippen LogP contribution in [0.15, 0.2) is 83.2 Å². The van der Waals surface area contributed by atoms with Crippen molar-refractivity contribution >= 4 is 38.9 Å². The number of hydrogen-bond donors (Lipinski definition) is 2. The molecule has 45 heavy (non-hydrogen) atoms. The van der Waals surface area contributed by atoms with Gasteiger partial charge in [0.2, 0.25) is 10.0 Å². The number of rotatable bonds is 9. The number of ether oxygens (including phenoxy) is 1. The molecule has 0 fully saturated rings. The first kappa shape index (κ1) is 32.3. The third kappa shape index (κ3) is 6.94. The van der Waals surface area contributed by atoms with E-state index in [0.717, 1.165) is 16.1 Å². The lowest BCUT2D eigenvalue weighted by atomic mass is 9.99. The molecular weight excluding hydrogens is 613 g/mol. The number of aliphatic hydroxyl groups excluding tert-OH is 1. The van der Waals surface area contributed by atoms with Gasteiger partial charge in [0.15, 0.2) is 5.75 Å². The summed E-state index contributed by atoms with van der Waals surface area (Å²) in [4.78, 5) is 33.2. The summed E-state index contributed by atoms with van der Waals surface area (Å²) in [6.45, 7) is 5.46. The Labute approximate surface area is 267 Å². The highest BCUT2D eigenvalue weighted by Gasteiger charge is 2.36. The van der Waals surface area contributed by atoms with Crippen molar-refractivity contribution in [2.45, 2.75) is 37.8 Å². The van der Waals surface area contributed by atoms with E-state index < -0.39 is 28.1 Å². The van der Waals surface area contributed by atoms with Crippen LogP contribution in [0.1, 0.15) is 40.1 Å². The van der Waals surface area contributed by atoms with Crippen LogP contribution in [0.4, 0.5) is 5.69 Å². The topological polar surface area (TPSA) is 129 Å². The molecule has 1 aliphatic rings. The fourth-order valence-electron chi connectivity index (χ4n) is 5.13. The van der Waals surface area contributed by atoms with Crippen molar-refractivity contribution in [2.75, 3.05) is 32.1 Å². The molecule has 0 spiro atoms. The molecule has 0 saturated carbocycles. The van der Waals surface area contributed by atoms with E-state index in [4.69, 9.17) is 4.74 Å². The van der Waals surface area contributed by atoms with Crippen molar-refractivity contribution in [2.24, 2.45) is 5.92 Å². The van der Waals surface area contributed by atoms with Crippen LogP contribution < -0.4 is 10.1 Å². The normalized spacial score (nSPS) is 17.6. The number of nitrogens with zero attached hydrogens (tertiary/aromatic N) is 3. The van der Waals surface area contributed by atoms with Gasteiger partial charge in [-0.1, -0.05) is 42.8 Å². The monoisotopic (exact) mass is 648 g/mol. The molecule has 2 heterocycles. The van der Waals surface area contributed by atoms with Gasteiger partial charge in [0.05, 0.1) is 35.3 Å². The lowest BCUT2D eigenvalue weighted by Crippen LogP contribution is -2.50. The Kier molecular flexibility index (Phi) is 9.68. The smallest absolute Gasteiger partial charge is 0.258 e. The zero-order chi connectivity index (χ0) is 32.3. The van der Waals surface area contributed by atoms with Gasteiger partial charge in [0.1, 0.15) is 11.1 Å². The van der Waals surface area contributed by atoms with Crippen LogP contribution in [-0.4, -0.2) is 78.4 Å². The first-order valence-corrected chi connectivity index (χ1v) is 16.9. The number of para-hydroxylation sites is 1. The summed E-state index contributed by atoms with van der Waals surface area (Å²) in [6.07, 6.45) is 1.02. The Morgan fingerprint density at radius 3 is 2.51 bits per heavy atom. The predicted molar refractivity (Wildman–Crippen MR) is 174 cm³/mol. The highest BCUT2D eigenvalue weighted by Crippen LogP contribution is 2.35. The fraction of sp³-hybridized carbons (Fsp3) is 0.303. The van der Waals surface area contributed by atoms with Gasteiger partial charge in [-0.2, -0.15) is 4.31 Å². The molecule has 3 aromatic carbocycles. The average Bonchev–Trinajstić information content (AvgIpc) is 3.58. The number of anilines is 1. The van der Waals surface area contributed by atoms with E-state index in [1.54, 1.807) is 72.6 Å². The van der Waals surface area contributed by atoms with E-state index in [2.05, 4.69) is 10.3 Å². The van der Waals surface area contributed by atoms with E-state index >= 15 is 0 Å². The van der Waals surface area contributed by atoms with Gasteiger partial charge in [-0.25, -0.2) is 13.4 Å². The van der Waals surface area contributed by atoms with Crippen molar-refractivity contribution in [3.05, 3.63) is 95.0 Å². The number of aryl methyl sites for hydroxylation is 1. The van der Waals surface area contributed by atoms with Gasteiger partial charge in [-0.3, -0.25) is 9.59 Å². The van der Waals surface area contributed by atoms with Gasteiger partial charge in [-0.15, -0.1) is 11.3 Å². The largest absolute Gasteiger partial charge is 0.486 e. The number of likely N-dealkylation sites (N-methyl/N-ethyl adjacent to an activating group) is 1. The number of carbonyl (C=O) groups is 2. The number of carbonyl (C=O) groups excluding carboxylic acids is 2. The molecule has 0 aliphatic carbocycles. The number of thiazole rings is 1. The first-order valence-electron chi connectivity index (χ1n) is 14.6. The fourth-order valence-corrected chi connectivity index (χ4v) is 6.95. The van der Waals surface area contributed by atoms with Crippen molar-refractivity contribution in [1.29, 1.82) is 0 Å². The molecule has 2 N–H and O–H groups in total. The molecule has 10 nitrogen and oxygen atoms in total. The summed E-state index contributed by atoms with van der Waals surface area (Å²) in [5.41, 5.74) is 2.70. The molecule has 0 radical (unpaired) electrons. The van der Waals surface area contributed by atoms with Crippen LogP contribution in [0.2, 0.25) is 0 Å². The molecule has 0 saturated heterocycles. The van der Waals surface area contributed by atoms with Crippen LogP contribution in [0.3, 0.4) is 0 Å². The Morgan fingerprint density at radius 1 is 1.16 bits per heavy atom. The first-order chi connectivity index (χ1) is 21.5. The standard InChI is InChI=1S/C33H36N4O6S2/c1-21-8-14-26(15-9-21)45(41,42)36(4)19-29-22(2)18-37(23(3)20-38)33(40)27-6-5-7-28(30(27)43-29)35-31(39)24-10-12-25(13-11-24)32-34-16-17-44-32/h5-17,22-23,29,38H,18-20H2,1-4H3,(H,35,39)/t22-,23+,29-/m1/s1. The van der Waals surface area contributed by atoms with Gasteiger partial charge in [-0.05, 0) is 50.2 Å². The molecule has 12 heteroatoms. The summed E-state index contributed by atoms with van der Waals surface area (Å²) >= 11 is 1.50. The molecule has 1 aromatic heterocycles. The minimum atomic E-state index is -3.85. The number of amides is 2. The van der Waals surface area contributed by atoms with Crippen LogP contribution >= 0.6 is 11.3 Å². The molecule has 0 unspecified atom stereocenters. The lowest BCUT2D eigenvalue weighted by Gasteiger charge is -2.38. The zero-order valence-electron chi connectivity index (χ0n) is 25.5. The quantitative estimate of drug-likeness (QED) is 0.264. The number of aliphatic hydroxyl groups is 1. The van der Waals surface area contributed by atoms with Crippen LogP contribution in [0.25, 0.3) is 10.6 Å². The Balaban J connectivity index is 1.47. The minimum Gasteiger partial charge on any atom is -0.486 e. The zero-order valence-corrected chi connectivity index (χ0v) is 27.1. The van der Waals surface area contributed by atoms with Crippen molar-refractivity contribution in [1.82, 2.24) is 14.2 Å². The van der Waals surface area contributed by atoms with E-state index in [1.807, 2.05) is 31.4 Å². The molecule has 3 atom stereocenters. The van der Waals surface area contributed by atoms with Crippen molar-refractivity contribution in [3.8, 4) is 16.3 Å². The summed E-state index contributed by atoms with van der Waals surface area (Å²) < 4.78 is 34.7. The third-order valence-electron chi connectivity index (χ3n) is 7.93. The second-order valence-electron chi connectivity index (χ2n) is 11.3. The van der Waals surface area contributed by atoms with Crippen LogP contribution in [-0.2, 0) is 10.0 Å². The van der Waals surface area contributed by atoms with Crippen LogP contribution in [0.5, 0.6) is 5.75 Å². The molecule has 2 amide bonds. The van der Waals surface area contributed by atoms with E-state index in [9.17, 15) is 23.1 Å². The second-order valence-corrected chi connectivity index (χ2v) is 14.2. The molecular formula is C33H36N4O6S2. The summed E-state index contributed by atoms with van der Waals surface area (Å²) in [7, 11) is -2.35. The number of nitrogens with one attached hydrogen (secondary N) is 1. The molecule has 236 valence electrons. The Morgan fingerprint density at radius 2 is 1.87 bits per heavy atom. The third-order valence-corrected chi connectivity index (χ3v) is 10.6. The lowest BCUT2D eigenvalue weighted by molar-refractivity contribution is 0.0388. The highest BCUT2D eigenvalue weighted by molar-refractivity contribution is 7.89. The SMILES string of the molecule is Cc1ccc(S(=O)(=O)N(C)C[C@H]2Oc3c(NC(=O)c4ccc(-c5nccs5)cc4)cccc3C(=O)N([C@@H](C)CO)C[C@H]2C)cc1. The van der Waals surface area contributed by atoms with Gasteiger partial charge >= 0.3 is 0 Å². The van der Waals surface area contributed by atoms with Crippen molar-refractivity contribution < 1.29 is 27.9 Å². The minimum absolute atomic E-state index is 0.0210. The van der Waals surface area contributed by atoms with Gasteiger partial charge in [0, 0.05) is 42.2 Å². The molecule has 1 aliphatic heterocycles. The number of aromatic nitrogens is 1.